The number of hydrogen-bond donors (Lipinski definition) is 6. The summed E-state index contributed by atoms with van der Waals surface area (Å²) in [6.45, 7) is 7.03. The summed E-state index contributed by atoms with van der Waals surface area (Å²) in [7, 11) is 0. The van der Waals surface area contributed by atoms with Gasteiger partial charge in [0.1, 0.15) is 23.9 Å². The van der Waals surface area contributed by atoms with E-state index in [0.717, 1.165) is 6.92 Å². The van der Waals surface area contributed by atoms with Crippen LogP contribution in [0.15, 0.2) is 24.3 Å². The number of aromatic hydroxyl groups is 1. The zero-order valence-electron chi connectivity index (χ0n) is 20.9. The quantitative estimate of drug-likeness (QED) is 0.260. The summed E-state index contributed by atoms with van der Waals surface area (Å²) in [5.74, 6) is -7.65. The van der Waals surface area contributed by atoms with Crippen LogP contribution in [0.5, 0.6) is 5.75 Å². The van der Waals surface area contributed by atoms with Crippen LogP contribution in [0.1, 0.15) is 40.2 Å². The molecule has 3 atom stereocenters. The molecule has 0 aromatic heterocycles. The number of phenols is 1. The first-order valence-electron chi connectivity index (χ1n) is 11.0. The summed E-state index contributed by atoms with van der Waals surface area (Å²) in [4.78, 5) is 57.4. The molecule has 37 heavy (non-hydrogen) atoms. The molecule has 1 aromatic rings. The second-order valence-corrected chi connectivity index (χ2v) is 8.71. The Bertz CT molecular complexity index is 946. The van der Waals surface area contributed by atoms with Crippen molar-refractivity contribution in [2.24, 2.45) is 11.8 Å². The van der Waals surface area contributed by atoms with Gasteiger partial charge in [0.15, 0.2) is 0 Å². The van der Waals surface area contributed by atoms with Crippen LogP contribution in [0.4, 0.5) is 13.2 Å². The standard InChI is InChI=1S/C21H28F3N3O6.C2H4O2/c1-10(2)15(27-20(33)21(22,23)24)18(30)25-14(9-12-5-7-13(28)8-6-12)17(29)26-16(11(3)4)19(31)32;1-2(3)4/h5-8,10-11,14-16,28H,9H2,1-4H3,(H,25,30)(H,26,29)(H,27,33)(H,31,32);1H3,(H,3,4)/t14?,15-,16-;/m0./s1. The Morgan fingerprint density at radius 1 is 0.811 bits per heavy atom. The van der Waals surface area contributed by atoms with Crippen LogP contribution in [0.25, 0.3) is 0 Å². The maximum Gasteiger partial charge on any atom is 0.471 e. The molecule has 0 aliphatic rings. The van der Waals surface area contributed by atoms with Gasteiger partial charge in [-0.2, -0.15) is 13.2 Å². The van der Waals surface area contributed by atoms with Gasteiger partial charge in [0.2, 0.25) is 11.8 Å². The largest absolute Gasteiger partial charge is 0.508 e. The summed E-state index contributed by atoms with van der Waals surface area (Å²) in [5.41, 5.74) is 0.477. The number of rotatable bonds is 10. The maximum atomic E-state index is 12.8. The average molecular weight is 536 g/mol. The third-order valence-corrected chi connectivity index (χ3v) is 4.73. The number of aliphatic carboxylic acids is 2. The Morgan fingerprint density at radius 2 is 1.27 bits per heavy atom. The number of hydrogen-bond acceptors (Lipinski definition) is 6. The fourth-order valence-electron chi connectivity index (χ4n) is 2.86. The Labute approximate surface area is 211 Å². The Balaban J connectivity index is 0.00000300. The van der Waals surface area contributed by atoms with Crippen LogP contribution in [0, 0.1) is 11.8 Å². The Kier molecular flexibility index (Phi) is 13.1. The molecule has 208 valence electrons. The predicted octanol–water partition coefficient (Wildman–Crippen LogP) is 1.44. The lowest BCUT2D eigenvalue weighted by Crippen LogP contribution is -2.59. The first-order chi connectivity index (χ1) is 16.9. The highest BCUT2D eigenvalue weighted by Crippen LogP contribution is 2.16. The molecule has 0 heterocycles. The minimum absolute atomic E-state index is 0.0516. The minimum atomic E-state index is -5.21. The predicted molar refractivity (Wildman–Crippen MR) is 124 cm³/mol. The molecule has 1 rings (SSSR count). The number of amides is 3. The Morgan fingerprint density at radius 3 is 1.65 bits per heavy atom. The summed E-state index contributed by atoms with van der Waals surface area (Å²) in [5, 5.41) is 32.4. The van der Waals surface area contributed by atoms with Crippen molar-refractivity contribution in [1.82, 2.24) is 16.0 Å². The van der Waals surface area contributed by atoms with E-state index in [1.54, 1.807) is 19.2 Å². The summed E-state index contributed by atoms with van der Waals surface area (Å²) < 4.78 is 38.0. The van der Waals surface area contributed by atoms with Crippen LogP contribution in [0.2, 0.25) is 0 Å². The number of nitrogens with one attached hydrogen (secondary N) is 3. The first-order valence-corrected chi connectivity index (χ1v) is 11.0. The normalized spacial score (nSPS) is 13.5. The highest BCUT2D eigenvalue weighted by Gasteiger charge is 2.42. The van der Waals surface area contributed by atoms with E-state index in [9.17, 15) is 42.6 Å². The average Bonchev–Trinajstić information content (AvgIpc) is 2.74. The van der Waals surface area contributed by atoms with Crippen molar-refractivity contribution in [3.05, 3.63) is 29.8 Å². The van der Waals surface area contributed by atoms with Gasteiger partial charge in [-0.15, -0.1) is 0 Å². The van der Waals surface area contributed by atoms with Crippen molar-refractivity contribution < 1.29 is 52.5 Å². The molecule has 0 aliphatic carbocycles. The molecule has 6 N–H and O–H groups in total. The number of phenolic OH excluding ortho intramolecular Hbond substituents is 1. The van der Waals surface area contributed by atoms with Crippen molar-refractivity contribution in [1.29, 1.82) is 0 Å². The van der Waals surface area contributed by atoms with Gasteiger partial charge in [-0.05, 0) is 29.5 Å². The number of benzene rings is 1. The second kappa shape index (κ2) is 14.7. The van der Waals surface area contributed by atoms with Crippen molar-refractivity contribution >= 4 is 29.7 Å². The number of carbonyl (C=O) groups is 5. The molecule has 1 unspecified atom stereocenters. The Hall–Kier alpha value is -3.84. The van der Waals surface area contributed by atoms with Gasteiger partial charge in [0, 0.05) is 13.3 Å². The SMILES string of the molecule is CC(=O)O.CC(C)[C@H](NC(=O)C(Cc1ccc(O)cc1)NC(=O)[C@@H](NC(=O)C(F)(F)F)C(C)C)C(=O)O. The van der Waals surface area contributed by atoms with Gasteiger partial charge in [-0.3, -0.25) is 19.2 Å². The van der Waals surface area contributed by atoms with Crippen molar-refractivity contribution in [2.75, 3.05) is 0 Å². The number of carbonyl (C=O) groups excluding carboxylic acids is 3. The smallest absolute Gasteiger partial charge is 0.471 e. The molecule has 11 nitrogen and oxygen atoms in total. The molecule has 0 fully saturated rings. The van der Waals surface area contributed by atoms with Gasteiger partial charge in [-0.1, -0.05) is 39.8 Å². The molecule has 0 spiro atoms. The van der Waals surface area contributed by atoms with Crippen LogP contribution in [-0.2, 0) is 30.4 Å². The molecule has 0 saturated carbocycles. The van der Waals surface area contributed by atoms with Crippen LogP contribution < -0.4 is 16.0 Å². The second-order valence-electron chi connectivity index (χ2n) is 8.71. The van der Waals surface area contributed by atoms with E-state index in [4.69, 9.17) is 9.90 Å². The molecule has 1 aromatic carbocycles. The number of carboxylic acids is 2. The number of carboxylic acid groups (broad SMARTS) is 2. The highest BCUT2D eigenvalue weighted by molar-refractivity contribution is 5.94. The van der Waals surface area contributed by atoms with E-state index in [1.807, 2.05) is 0 Å². The van der Waals surface area contributed by atoms with Gasteiger partial charge in [-0.25, -0.2) is 4.79 Å². The van der Waals surface area contributed by atoms with Crippen molar-refractivity contribution in [2.45, 2.75) is 65.3 Å². The van der Waals surface area contributed by atoms with Crippen LogP contribution in [0.3, 0.4) is 0 Å². The van der Waals surface area contributed by atoms with Crippen molar-refractivity contribution in [3.63, 3.8) is 0 Å². The summed E-state index contributed by atoms with van der Waals surface area (Å²) in [6.07, 6.45) is -5.36. The lowest BCUT2D eigenvalue weighted by atomic mass is 9.99. The fourth-order valence-corrected chi connectivity index (χ4v) is 2.86. The fraction of sp³-hybridized carbons (Fsp3) is 0.522. The molecule has 3 amide bonds. The molecule has 14 heteroatoms. The topological polar surface area (TPSA) is 182 Å². The maximum absolute atomic E-state index is 12.8. The van der Waals surface area contributed by atoms with E-state index >= 15 is 0 Å². The van der Waals surface area contributed by atoms with E-state index in [1.165, 1.54) is 38.1 Å². The van der Waals surface area contributed by atoms with Crippen LogP contribution in [-0.4, -0.2) is 69.3 Å². The van der Waals surface area contributed by atoms with E-state index < -0.39 is 65.8 Å². The van der Waals surface area contributed by atoms with E-state index in [2.05, 4.69) is 10.6 Å². The molecule has 0 radical (unpaired) electrons. The molecular weight excluding hydrogens is 503 g/mol. The molecule has 0 bridgehead atoms. The van der Waals surface area contributed by atoms with Crippen LogP contribution >= 0.6 is 0 Å². The third kappa shape index (κ3) is 12.6. The van der Waals surface area contributed by atoms with Gasteiger partial charge < -0.3 is 31.3 Å². The lowest BCUT2D eigenvalue weighted by Gasteiger charge is -2.27. The number of alkyl halides is 3. The van der Waals surface area contributed by atoms with Gasteiger partial charge in [0.25, 0.3) is 5.97 Å². The van der Waals surface area contributed by atoms with E-state index in [0.29, 0.717) is 5.56 Å². The summed E-state index contributed by atoms with van der Waals surface area (Å²) >= 11 is 0. The molecular formula is C23H32F3N3O8. The lowest BCUT2D eigenvalue weighted by molar-refractivity contribution is -0.175. The first kappa shape index (κ1) is 33.2. The van der Waals surface area contributed by atoms with Gasteiger partial charge in [0.05, 0.1) is 0 Å². The highest BCUT2D eigenvalue weighted by atomic mass is 19.4. The van der Waals surface area contributed by atoms with Gasteiger partial charge >= 0.3 is 18.1 Å². The third-order valence-electron chi connectivity index (χ3n) is 4.73. The zero-order chi connectivity index (χ0) is 29.1. The van der Waals surface area contributed by atoms with E-state index in [-0.39, 0.29) is 12.2 Å². The number of halogens is 3. The zero-order valence-corrected chi connectivity index (χ0v) is 20.9. The summed E-state index contributed by atoms with van der Waals surface area (Å²) in [6, 6.07) is 1.35. The monoisotopic (exact) mass is 535 g/mol. The molecule has 0 saturated heterocycles. The van der Waals surface area contributed by atoms with Crippen molar-refractivity contribution in [3.8, 4) is 5.75 Å². The minimum Gasteiger partial charge on any atom is -0.508 e. The molecule has 0 aliphatic heterocycles.